The van der Waals surface area contributed by atoms with Gasteiger partial charge in [0.15, 0.2) is 0 Å². The van der Waals surface area contributed by atoms with E-state index in [0.29, 0.717) is 5.58 Å². The maximum absolute atomic E-state index is 11.1. The molecule has 206 valence electrons. The molecule has 0 spiro atoms. The Balaban J connectivity index is 1.29. The minimum atomic E-state index is 0.225. The SMILES string of the molecule is Oc1cc(-c2ccccc2)cc2oc3cc(-c4c5ccccc5c(-c5ccc6ccccc6c5)c5ccccc45)ccc3c12. The monoisotopic (exact) mass is 562 g/mol. The Kier molecular flexibility index (Phi) is 5.38. The summed E-state index contributed by atoms with van der Waals surface area (Å²) in [4.78, 5) is 0. The largest absolute Gasteiger partial charge is 0.507 e. The predicted molar refractivity (Wildman–Crippen MR) is 184 cm³/mol. The number of phenols is 1. The smallest absolute Gasteiger partial charge is 0.139 e. The Labute approximate surface area is 254 Å². The lowest BCUT2D eigenvalue weighted by Gasteiger charge is -2.18. The molecule has 0 unspecified atom stereocenters. The summed E-state index contributed by atoms with van der Waals surface area (Å²) in [6, 6.07) is 53.0. The zero-order chi connectivity index (χ0) is 29.2. The molecule has 0 saturated heterocycles. The highest BCUT2D eigenvalue weighted by molar-refractivity contribution is 6.22. The summed E-state index contributed by atoms with van der Waals surface area (Å²) in [6.07, 6.45) is 0. The summed E-state index contributed by atoms with van der Waals surface area (Å²) < 4.78 is 6.46. The van der Waals surface area contributed by atoms with Gasteiger partial charge in [-0.25, -0.2) is 0 Å². The minimum absolute atomic E-state index is 0.225. The van der Waals surface area contributed by atoms with Crippen LogP contribution in [0.5, 0.6) is 5.75 Å². The van der Waals surface area contributed by atoms with E-state index in [0.717, 1.165) is 33.0 Å². The van der Waals surface area contributed by atoms with Gasteiger partial charge in [0.05, 0.1) is 5.39 Å². The van der Waals surface area contributed by atoms with Crippen molar-refractivity contribution in [2.75, 3.05) is 0 Å². The highest BCUT2D eigenvalue weighted by Crippen LogP contribution is 2.46. The quantitative estimate of drug-likeness (QED) is 0.217. The van der Waals surface area contributed by atoms with Crippen LogP contribution in [0, 0.1) is 0 Å². The van der Waals surface area contributed by atoms with Crippen molar-refractivity contribution in [2.24, 2.45) is 0 Å². The number of furan rings is 1. The summed E-state index contributed by atoms with van der Waals surface area (Å²) in [5.74, 6) is 0.225. The molecule has 2 nitrogen and oxygen atoms in total. The van der Waals surface area contributed by atoms with Gasteiger partial charge in [0, 0.05) is 5.39 Å². The molecule has 9 rings (SSSR count). The van der Waals surface area contributed by atoms with Gasteiger partial charge >= 0.3 is 0 Å². The van der Waals surface area contributed by atoms with Gasteiger partial charge < -0.3 is 9.52 Å². The third-order valence-corrected chi connectivity index (χ3v) is 8.92. The first-order valence-electron chi connectivity index (χ1n) is 14.9. The van der Waals surface area contributed by atoms with Gasteiger partial charge in [-0.15, -0.1) is 0 Å². The van der Waals surface area contributed by atoms with Gasteiger partial charge in [0.25, 0.3) is 0 Å². The molecule has 0 radical (unpaired) electrons. The van der Waals surface area contributed by atoms with Crippen molar-refractivity contribution in [1.29, 1.82) is 0 Å². The van der Waals surface area contributed by atoms with Crippen molar-refractivity contribution in [2.45, 2.75) is 0 Å². The number of benzene rings is 8. The van der Waals surface area contributed by atoms with Crippen LogP contribution in [0.1, 0.15) is 0 Å². The van der Waals surface area contributed by atoms with Crippen LogP contribution in [0.2, 0.25) is 0 Å². The molecule has 0 amide bonds. The van der Waals surface area contributed by atoms with Crippen LogP contribution < -0.4 is 0 Å². The van der Waals surface area contributed by atoms with Gasteiger partial charge in [-0.2, -0.15) is 0 Å². The van der Waals surface area contributed by atoms with Crippen LogP contribution in [0.4, 0.5) is 0 Å². The average Bonchev–Trinajstić information content (AvgIpc) is 3.45. The van der Waals surface area contributed by atoms with Crippen LogP contribution >= 0.6 is 0 Å². The highest BCUT2D eigenvalue weighted by atomic mass is 16.3. The molecule has 0 aliphatic heterocycles. The third-order valence-electron chi connectivity index (χ3n) is 8.92. The first kappa shape index (κ1) is 24.7. The lowest BCUT2D eigenvalue weighted by atomic mass is 9.85. The second-order valence-electron chi connectivity index (χ2n) is 11.5. The van der Waals surface area contributed by atoms with Gasteiger partial charge in [-0.1, -0.05) is 121 Å². The number of aromatic hydroxyl groups is 1. The average molecular weight is 563 g/mol. The van der Waals surface area contributed by atoms with E-state index in [1.165, 1.54) is 49.0 Å². The van der Waals surface area contributed by atoms with E-state index in [1.54, 1.807) is 0 Å². The van der Waals surface area contributed by atoms with Crippen molar-refractivity contribution in [3.05, 3.63) is 152 Å². The summed E-state index contributed by atoms with van der Waals surface area (Å²) in [6.45, 7) is 0. The first-order valence-corrected chi connectivity index (χ1v) is 14.9. The fraction of sp³-hybridized carbons (Fsp3) is 0. The maximum Gasteiger partial charge on any atom is 0.139 e. The molecule has 1 heterocycles. The van der Waals surface area contributed by atoms with Crippen LogP contribution in [0.3, 0.4) is 0 Å². The molecular formula is C42H26O2. The zero-order valence-corrected chi connectivity index (χ0v) is 23.8. The number of hydrogen-bond donors (Lipinski definition) is 1. The Morgan fingerprint density at radius 3 is 1.59 bits per heavy atom. The van der Waals surface area contributed by atoms with Crippen molar-refractivity contribution < 1.29 is 9.52 Å². The van der Waals surface area contributed by atoms with Gasteiger partial charge in [-0.05, 0) is 96.0 Å². The normalized spacial score (nSPS) is 11.7. The number of rotatable bonds is 3. The van der Waals surface area contributed by atoms with Crippen LogP contribution in [-0.2, 0) is 0 Å². The fourth-order valence-electron chi connectivity index (χ4n) is 6.93. The molecule has 9 aromatic rings. The maximum atomic E-state index is 11.1. The number of phenolic OH excluding ortho intramolecular Hbond substituents is 1. The number of fused-ring (bicyclic) bond motifs is 6. The van der Waals surface area contributed by atoms with Gasteiger partial charge in [-0.3, -0.25) is 0 Å². The molecule has 8 aromatic carbocycles. The van der Waals surface area contributed by atoms with E-state index in [4.69, 9.17) is 4.42 Å². The van der Waals surface area contributed by atoms with Crippen molar-refractivity contribution >= 4 is 54.3 Å². The van der Waals surface area contributed by atoms with Crippen LogP contribution in [0.25, 0.3) is 87.6 Å². The minimum Gasteiger partial charge on any atom is -0.507 e. The van der Waals surface area contributed by atoms with Crippen molar-refractivity contribution in [3.8, 4) is 39.1 Å². The lowest BCUT2D eigenvalue weighted by molar-refractivity contribution is 0.482. The Morgan fingerprint density at radius 2 is 0.909 bits per heavy atom. The summed E-state index contributed by atoms with van der Waals surface area (Å²) in [7, 11) is 0. The molecule has 0 bridgehead atoms. The predicted octanol–water partition coefficient (Wildman–Crippen LogP) is 11.8. The van der Waals surface area contributed by atoms with Crippen LogP contribution in [-0.4, -0.2) is 5.11 Å². The molecule has 0 fully saturated rings. The Bertz CT molecular complexity index is 2500. The molecule has 0 aliphatic carbocycles. The van der Waals surface area contributed by atoms with Crippen molar-refractivity contribution in [1.82, 2.24) is 0 Å². The Hall–Kier alpha value is -5.86. The molecule has 0 atom stereocenters. The van der Waals surface area contributed by atoms with E-state index in [2.05, 4.69) is 109 Å². The molecule has 0 saturated carbocycles. The highest BCUT2D eigenvalue weighted by Gasteiger charge is 2.19. The van der Waals surface area contributed by atoms with E-state index in [9.17, 15) is 5.11 Å². The second kappa shape index (κ2) is 9.58. The van der Waals surface area contributed by atoms with Gasteiger partial charge in [0.1, 0.15) is 16.9 Å². The molecule has 0 aliphatic rings. The van der Waals surface area contributed by atoms with Crippen LogP contribution in [0.15, 0.2) is 156 Å². The zero-order valence-electron chi connectivity index (χ0n) is 23.8. The molecule has 44 heavy (non-hydrogen) atoms. The van der Waals surface area contributed by atoms with E-state index in [-0.39, 0.29) is 5.75 Å². The second-order valence-corrected chi connectivity index (χ2v) is 11.5. The molecule has 2 heteroatoms. The van der Waals surface area contributed by atoms with Gasteiger partial charge in [0.2, 0.25) is 0 Å². The first-order chi connectivity index (χ1) is 21.7. The van der Waals surface area contributed by atoms with E-state index in [1.807, 2.05) is 42.5 Å². The molecular weight excluding hydrogens is 536 g/mol. The van der Waals surface area contributed by atoms with Crippen molar-refractivity contribution in [3.63, 3.8) is 0 Å². The topological polar surface area (TPSA) is 33.4 Å². The summed E-state index contributed by atoms with van der Waals surface area (Å²) in [5.41, 5.74) is 8.11. The summed E-state index contributed by atoms with van der Waals surface area (Å²) >= 11 is 0. The molecule has 1 N–H and O–H groups in total. The number of hydrogen-bond acceptors (Lipinski definition) is 2. The third kappa shape index (κ3) is 3.75. The van der Waals surface area contributed by atoms with E-state index < -0.39 is 0 Å². The summed E-state index contributed by atoms with van der Waals surface area (Å²) in [5, 5.41) is 20.0. The lowest BCUT2D eigenvalue weighted by Crippen LogP contribution is -1.91. The Morgan fingerprint density at radius 1 is 0.364 bits per heavy atom. The fourth-order valence-corrected chi connectivity index (χ4v) is 6.93. The van der Waals surface area contributed by atoms with E-state index >= 15 is 0 Å². The molecule has 1 aromatic heterocycles. The standard InChI is InChI=1S/C42H26O2/c43-37-23-31(26-10-2-1-3-11-26)25-39-42(37)36-21-20-30(24-38(36)44-39)41-34-16-8-6-14-32(34)40(33-15-7-9-17-35(33)41)29-19-18-27-12-4-5-13-28(27)22-29/h1-25,43H.